The summed E-state index contributed by atoms with van der Waals surface area (Å²) in [5.41, 5.74) is 1.90. The largest absolute Gasteiger partial charge is 0.377 e. The third-order valence-electron chi connectivity index (χ3n) is 4.43. The Morgan fingerprint density at radius 3 is 2.93 bits per heavy atom. The van der Waals surface area contributed by atoms with E-state index in [0.717, 1.165) is 24.9 Å². The fourth-order valence-corrected chi connectivity index (χ4v) is 3.40. The summed E-state index contributed by atoms with van der Waals surface area (Å²) in [6, 6.07) is 0. The van der Waals surface area contributed by atoms with Crippen molar-refractivity contribution in [2.24, 2.45) is 17.3 Å². The maximum Gasteiger partial charge on any atom is 0.0666 e. The molecule has 80 valence electrons. The van der Waals surface area contributed by atoms with Crippen LogP contribution in [0.5, 0.6) is 0 Å². The van der Waals surface area contributed by atoms with E-state index in [0.29, 0.717) is 11.5 Å². The van der Waals surface area contributed by atoms with Crippen LogP contribution in [0.3, 0.4) is 0 Å². The first-order valence-electron chi connectivity index (χ1n) is 5.89. The lowest BCUT2D eigenvalue weighted by molar-refractivity contribution is 0.0661. The van der Waals surface area contributed by atoms with Crippen LogP contribution in [0.25, 0.3) is 0 Å². The normalized spacial score (nSPS) is 47.4. The van der Waals surface area contributed by atoms with Crippen LogP contribution in [0.2, 0.25) is 0 Å². The average molecular weight is 194 g/mol. The SMILES string of the molecule is CCC1OCC2CC(C)C=C(C)C21C. The Kier molecular flexibility index (Phi) is 2.46. The number of hydrogen-bond donors (Lipinski definition) is 0. The molecule has 4 atom stereocenters. The number of hydrogen-bond acceptors (Lipinski definition) is 1. The minimum absolute atomic E-state index is 0.335. The van der Waals surface area contributed by atoms with Gasteiger partial charge in [-0.15, -0.1) is 0 Å². The van der Waals surface area contributed by atoms with E-state index in [1.807, 2.05) is 0 Å². The van der Waals surface area contributed by atoms with E-state index in [4.69, 9.17) is 4.74 Å². The summed E-state index contributed by atoms with van der Waals surface area (Å²) in [6.45, 7) is 10.2. The Hall–Kier alpha value is -0.300. The molecule has 0 radical (unpaired) electrons. The highest BCUT2D eigenvalue weighted by Crippen LogP contribution is 2.52. The second kappa shape index (κ2) is 3.37. The zero-order valence-corrected chi connectivity index (χ0v) is 9.84. The van der Waals surface area contributed by atoms with Gasteiger partial charge in [0.25, 0.3) is 0 Å². The zero-order valence-electron chi connectivity index (χ0n) is 9.84. The molecular formula is C13H22O. The molecular weight excluding hydrogens is 172 g/mol. The Bertz CT molecular complexity index is 256. The van der Waals surface area contributed by atoms with Crippen molar-refractivity contribution in [1.29, 1.82) is 0 Å². The molecule has 0 bridgehead atoms. The summed E-state index contributed by atoms with van der Waals surface area (Å²) < 4.78 is 5.93. The molecule has 0 amide bonds. The molecule has 14 heavy (non-hydrogen) atoms. The number of ether oxygens (including phenoxy) is 1. The molecule has 0 saturated carbocycles. The minimum atomic E-state index is 0.335. The van der Waals surface area contributed by atoms with Gasteiger partial charge >= 0.3 is 0 Å². The molecule has 1 heterocycles. The van der Waals surface area contributed by atoms with Crippen molar-refractivity contribution in [3.8, 4) is 0 Å². The standard InChI is InChI=1S/C13H22O/c1-5-12-13(4)10(3)6-9(2)7-11(13)8-14-12/h6,9,11-12H,5,7-8H2,1-4H3. The monoisotopic (exact) mass is 194 g/mol. The fraction of sp³-hybridized carbons (Fsp3) is 0.846. The van der Waals surface area contributed by atoms with Crippen molar-refractivity contribution >= 4 is 0 Å². The lowest BCUT2D eigenvalue weighted by atomic mass is 9.63. The first-order valence-corrected chi connectivity index (χ1v) is 5.89. The van der Waals surface area contributed by atoms with Crippen LogP contribution < -0.4 is 0 Å². The molecule has 4 unspecified atom stereocenters. The molecule has 0 N–H and O–H groups in total. The van der Waals surface area contributed by atoms with Crippen LogP contribution in [0.4, 0.5) is 0 Å². The molecule has 2 rings (SSSR count). The van der Waals surface area contributed by atoms with Gasteiger partial charge in [0.05, 0.1) is 12.7 Å². The van der Waals surface area contributed by atoms with Crippen molar-refractivity contribution in [2.75, 3.05) is 6.61 Å². The van der Waals surface area contributed by atoms with E-state index in [1.165, 1.54) is 6.42 Å². The first kappa shape index (κ1) is 10.2. The summed E-state index contributed by atoms with van der Waals surface area (Å²) in [4.78, 5) is 0. The fourth-order valence-electron chi connectivity index (χ4n) is 3.40. The Morgan fingerprint density at radius 2 is 2.29 bits per heavy atom. The molecule has 1 saturated heterocycles. The van der Waals surface area contributed by atoms with E-state index < -0.39 is 0 Å². The Balaban J connectivity index is 2.34. The van der Waals surface area contributed by atoms with Crippen LogP contribution in [0, 0.1) is 17.3 Å². The smallest absolute Gasteiger partial charge is 0.0666 e. The van der Waals surface area contributed by atoms with Crippen LogP contribution in [-0.4, -0.2) is 12.7 Å². The molecule has 0 aromatic carbocycles. The molecule has 0 aromatic rings. The van der Waals surface area contributed by atoms with E-state index in [2.05, 4.69) is 33.8 Å². The summed E-state index contributed by atoms with van der Waals surface area (Å²) in [5, 5.41) is 0. The predicted molar refractivity (Wildman–Crippen MR) is 59.2 cm³/mol. The van der Waals surface area contributed by atoms with Crippen molar-refractivity contribution < 1.29 is 4.74 Å². The van der Waals surface area contributed by atoms with Crippen molar-refractivity contribution in [2.45, 2.75) is 46.6 Å². The Labute approximate surface area is 87.5 Å². The third kappa shape index (κ3) is 1.25. The molecule has 0 aromatic heterocycles. The molecule has 1 aliphatic carbocycles. The Morgan fingerprint density at radius 1 is 1.57 bits per heavy atom. The van der Waals surface area contributed by atoms with Crippen LogP contribution in [0.15, 0.2) is 11.6 Å². The number of rotatable bonds is 1. The van der Waals surface area contributed by atoms with Gasteiger partial charge < -0.3 is 4.74 Å². The van der Waals surface area contributed by atoms with E-state index >= 15 is 0 Å². The van der Waals surface area contributed by atoms with Gasteiger partial charge in [-0.25, -0.2) is 0 Å². The molecule has 1 heteroatoms. The summed E-state index contributed by atoms with van der Waals surface area (Å²) in [5.74, 6) is 1.50. The van der Waals surface area contributed by atoms with E-state index in [-0.39, 0.29) is 0 Å². The van der Waals surface area contributed by atoms with E-state index in [1.54, 1.807) is 5.57 Å². The highest BCUT2D eigenvalue weighted by atomic mass is 16.5. The van der Waals surface area contributed by atoms with Gasteiger partial charge in [-0.3, -0.25) is 0 Å². The molecule has 0 spiro atoms. The summed E-state index contributed by atoms with van der Waals surface area (Å²) in [6.07, 6.45) is 5.36. The number of allylic oxidation sites excluding steroid dienone is 1. The summed E-state index contributed by atoms with van der Waals surface area (Å²) in [7, 11) is 0. The van der Waals surface area contributed by atoms with Crippen molar-refractivity contribution in [3.63, 3.8) is 0 Å². The van der Waals surface area contributed by atoms with Gasteiger partial charge in [-0.05, 0) is 31.6 Å². The van der Waals surface area contributed by atoms with Crippen molar-refractivity contribution in [1.82, 2.24) is 0 Å². The topological polar surface area (TPSA) is 9.23 Å². The van der Waals surface area contributed by atoms with Gasteiger partial charge in [0, 0.05) is 5.41 Å². The maximum atomic E-state index is 5.93. The molecule has 1 fully saturated rings. The zero-order chi connectivity index (χ0) is 10.3. The lowest BCUT2D eigenvalue weighted by Crippen LogP contribution is -2.37. The molecule has 2 aliphatic rings. The first-order chi connectivity index (χ1) is 6.59. The van der Waals surface area contributed by atoms with Crippen molar-refractivity contribution in [3.05, 3.63) is 11.6 Å². The highest BCUT2D eigenvalue weighted by molar-refractivity contribution is 5.22. The highest BCUT2D eigenvalue weighted by Gasteiger charge is 2.49. The van der Waals surface area contributed by atoms with Crippen LogP contribution >= 0.6 is 0 Å². The lowest BCUT2D eigenvalue weighted by Gasteiger charge is -2.40. The van der Waals surface area contributed by atoms with Gasteiger partial charge in [0.15, 0.2) is 0 Å². The van der Waals surface area contributed by atoms with Crippen LogP contribution in [-0.2, 0) is 4.74 Å². The third-order valence-corrected chi connectivity index (χ3v) is 4.43. The molecule has 1 aliphatic heterocycles. The second-order valence-corrected chi connectivity index (χ2v) is 5.27. The summed E-state index contributed by atoms with van der Waals surface area (Å²) >= 11 is 0. The minimum Gasteiger partial charge on any atom is -0.377 e. The van der Waals surface area contributed by atoms with Crippen LogP contribution in [0.1, 0.15) is 40.5 Å². The average Bonchev–Trinajstić information content (AvgIpc) is 2.44. The maximum absolute atomic E-state index is 5.93. The van der Waals surface area contributed by atoms with Gasteiger partial charge in [-0.2, -0.15) is 0 Å². The van der Waals surface area contributed by atoms with E-state index in [9.17, 15) is 0 Å². The van der Waals surface area contributed by atoms with Gasteiger partial charge in [0.1, 0.15) is 0 Å². The van der Waals surface area contributed by atoms with Gasteiger partial charge in [-0.1, -0.05) is 32.4 Å². The second-order valence-electron chi connectivity index (χ2n) is 5.27. The quantitative estimate of drug-likeness (QED) is 0.581. The van der Waals surface area contributed by atoms with Gasteiger partial charge in [0.2, 0.25) is 0 Å². The number of fused-ring (bicyclic) bond motifs is 1. The predicted octanol–water partition coefficient (Wildman–Crippen LogP) is 3.40. The molecule has 1 nitrogen and oxygen atoms in total.